The molecular weight excluding hydrogens is 472 g/mol. The second-order valence-corrected chi connectivity index (χ2v) is 10.6. The van der Waals surface area contributed by atoms with Gasteiger partial charge in [0.25, 0.3) is 0 Å². The lowest BCUT2D eigenvalue weighted by molar-refractivity contribution is -0.140. The highest BCUT2D eigenvalue weighted by molar-refractivity contribution is 5.79. The summed E-state index contributed by atoms with van der Waals surface area (Å²) in [6.07, 6.45) is 5.37. The van der Waals surface area contributed by atoms with Crippen LogP contribution in [0.2, 0.25) is 0 Å². The van der Waals surface area contributed by atoms with Crippen molar-refractivity contribution in [3.05, 3.63) is 71.3 Å². The summed E-state index contributed by atoms with van der Waals surface area (Å²) in [6.45, 7) is 5.97. The molecule has 0 bridgehead atoms. The van der Waals surface area contributed by atoms with Gasteiger partial charge in [-0.1, -0.05) is 36.4 Å². The fourth-order valence-electron chi connectivity index (χ4n) is 5.69. The minimum Gasteiger partial charge on any atom is -0.343 e. The second kappa shape index (κ2) is 13.1. The Kier molecular flexibility index (Phi) is 9.67. The lowest BCUT2D eigenvalue weighted by Gasteiger charge is -2.35. The third-order valence-electron chi connectivity index (χ3n) is 7.99. The van der Waals surface area contributed by atoms with Crippen molar-refractivity contribution in [2.24, 2.45) is 11.8 Å². The summed E-state index contributed by atoms with van der Waals surface area (Å²) in [6, 6.07) is 14.5. The van der Waals surface area contributed by atoms with E-state index in [2.05, 4.69) is 35.2 Å². The molecule has 2 aromatic rings. The molecule has 0 spiro atoms. The molecule has 2 amide bonds. The van der Waals surface area contributed by atoms with Crippen molar-refractivity contribution in [1.29, 1.82) is 0 Å². The summed E-state index contributed by atoms with van der Waals surface area (Å²) in [5.41, 5.74) is 1.34. The van der Waals surface area contributed by atoms with E-state index < -0.39 is 11.6 Å². The van der Waals surface area contributed by atoms with E-state index in [4.69, 9.17) is 0 Å². The summed E-state index contributed by atoms with van der Waals surface area (Å²) in [5, 5.41) is 0. The van der Waals surface area contributed by atoms with Crippen LogP contribution in [-0.2, 0) is 22.6 Å². The summed E-state index contributed by atoms with van der Waals surface area (Å²) >= 11 is 0. The van der Waals surface area contributed by atoms with Gasteiger partial charge in [-0.3, -0.25) is 9.59 Å². The number of carbonyl (C=O) groups is 2. The third-order valence-corrected chi connectivity index (χ3v) is 7.99. The van der Waals surface area contributed by atoms with Gasteiger partial charge < -0.3 is 14.7 Å². The molecule has 200 valence electrons. The van der Waals surface area contributed by atoms with Gasteiger partial charge in [-0.15, -0.1) is 0 Å². The lowest BCUT2D eigenvalue weighted by atomic mass is 9.90. The molecule has 0 aliphatic carbocycles. The number of halogens is 2. The number of amides is 2. The molecule has 0 N–H and O–H groups in total. The van der Waals surface area contributed by atoms with Crippen molar-refractivity contribution in [3.63, 3.8) is 0 Å². The highest BCUT2D eigenvalue weighted by Crippen LogP contribution is 2.24. The predicted molar refractivity (Wildman–Crippen MR) is 141 cm³/mol. The average Bonchev–Trinajstić information content (AvgIpc) is 2.91. The van der Waals surface area contributed by atoms with E-state index in [1.54, 1.807) is 16.7 Å². The van der Waals surface area contributed by atoms with E-state index >= 15 is 0 Å². The standard InChI is InChI=1S/C30H39F2N3O2/c1-23(36)34-19-13-26(14-20-34)30(37)35(22-27-28(31)9-5-10-29(27)32)16-6-15-33-17-11-25(12-18-33)21-24-7-3-2-4-8-24/h2-5,7-10,25-26H,6,11-22H2,1H3. The molecule has 0 radical (unpaired) electrons. The zero-order valence-electron chi connectivity index (χ0n) is 21.9. The highest BCUT2D eigenvalue weighted by atomic mass is 19.1. The molecule has 5 nitrogen and oxygen atoms in total. The number of hydrogen-bond donors (Lipinski definition) is 0. The Hall–Kier alpha value is -2.80. The van der Waals surface area contributed by atoms with Crippen LogP contribution in [-0.4, -0.2) is 65.8 Å². The third kappa shape index (κ3) is 7.60. The van der Waals surface area contributed by atoms with Crippen LogP contribution in [0.1, 0.15) is 50.2 Å². The molecule has 37 heavy (non-hydrogen) atoms. The smallest absolute Gasteiger partial charge is 0.226 e. The number of nitrogens with zero attached hydrogens (tertiary/aromatic N) is 3. The van der Waals surface area contributed by atoms with E-state index in [0.717, 1.165) is 45.3 Å². The SMILES string of the molecule is CC(=O)N1CCC(C(=O)N(CCCN2CCC(Cc3ccccc3)CC2)Cc2c(F)cccc2F)CC1. The Balaban J connectivity index is 1.31. The van der Waals surface area contributed by atoms with Gasteiger partial charge in [0.2, 0.25) is 11.8 Å². The second-order valence-electron chi connectivity index (χ2n) is 10.6. The maximum absolute atomic E-state index is 14.4. The Morgan fingerprint density at radius 1 is 0.892 bits per heavy atom. The van der Waals surface area contributed by atoms with Gasteiger partial charge >= 0.3 is 0 Å². The molecular formula is C30H39F2N3O2. The molecule has 2 aliphatic rings. The van der Waals surface area contributed by atoms with Crippen LogP contribution in [0.3, 0.4) is 0 Å². The topological polar surface area (TPSA) is 43.9 Å². The fourth-order valence-corrected chi connectivity index (χ4v) is 5.69. The highest BCUT2D eigenvalue weighted by Gasteiger charge is 2.30. The first-order valence-corrected chi connectivity index (χ1v) is 13.6. The molecule has 0 atom stereocenters. The van der Waals surface area contributed by atoms with Gasteiger partial charge in [-0.05, 0) is 81.8 Å². The Bertz CT molecular complexity index is 1010. The molecule has 4 rings (SSSR count). The van der Waals surface area contributed by atoms with Crippen molar-refractivity contribution >= 4 is 11.8 Å². The summed E-state index contributed by atoms with van der Waals surface area (Å²) < 4.78 is 28.9. The molecule has 2 heterocycles. The van der Waals surface area contributed by atoms with Crippen molar-refractivity contribution < 1.29 is 18.4 Å². The maximum atomic E-state index is 14.4. The van der Waals surface area contributed by atoms with Crippen LogP contribution in [0, 0.1) is 23.5 Å². The predicted octanol–water partition coefficient (Wildman–Crippen LogP) is 4.90. The minimum atomic E-state index is -0.621. The fraction of sp³-hybridized carbons (Fsp3) is 0.533. The number of piperidine rings is 2. The van der Waals surface area contributed by atoms with Gasteiger partial charge in [0, 0.05) is 38.0 Å². The van der Waals surface area contributed by atoms with E-state index in [1.807, 2.05) is 0 Å². The monoisotopic (exact) mass is 511 g/mol. The number of hydrogen-bond acceptors (Lipinski definition) is 3. The quantitative estimate of drug-likeness (QED) is 0.481. The molecule has 0 aromatic heterocycles. The van der Waals surface area contributed by atoms with Crippen LogP contribution in [0.5, 0.6) is 0 Å². The zero-order chi connectivity index (χ0) is 26.2. The first-order chi connectivity index (χ1) is 17.9. The molecule has 2 aliphatic heterocycles. The maximum Gasteiger partial charge on any atom is 0.226 e. The van der Waals surface area contributed by atoms with Crippen molar-refractivity contribution in [2.75, 3.05) is 39.3 Å². The first-order valence-electron chi connectivity index (χ1n) is 13.6. The number of rotatable bonds is 9. The number of benzene rings is 2. The lowest BCUT2D eigenvalue weighted by Crippen LogP contribution is -2.44. The molecule has 2 aromatic carbocycles. The average molecular weight is 512 g/mol. The Morgan fingerprint density at radius 2 is 1.54 bits per heavy atom. The Morgan fingerprint density at radius 3 is 2.16 bits per heavy atom. The molecule has 7 heteroatoms. The minimum absolute atomic E-state index is 0.0173. The largest absolute Gasteiger partial charge is 0.343 e. The van der Waals surface area contributed by atoms with Crippen LogP contribution in [0.25, 0.3) is 0 Å². The van der Waals surface area contributed by atoms with Gasteiger partial charge in [0.15, 0.2) is 0 Å². The van der Waals surface area contributed by atoms with E-state index in [-0.39, 0.29) is 29.8 Å². The van der Waals surface area contributed by atoms with E-state index in [9.17, 15) is 18.4 Å². The number of likely N-dealkylation sites (tertiary alicyclic amines) is 2. The summed E-state index contributed by atoms with van der Waals surface area (Å²) in [7, 11) is 0. The van der Waals surface area contributed by atoms with Gasteiger partial charge in [-0.2, -0.15) is 0 Å². The van der Waals surface area contributed by atoms with Crippen LogP contribution in [0.15, 0.2) is 48.5 Å². The van der Waals surface area contributed by atoms with Gasteiger partial charge in [0.05, 0.1) is 6.54 Å². The van der Waals surface area contributed by atoms with Crippen LogP contribution in [0.4, 0.5) is 8.78 Å². The summed E-state index contributed by atoms with van der Waals surface area (Å²) in [5.74, 6) is -0.814. The van der Waals surface area contributed by atoms with E-state index in [0.29, 0.717) is 38.4 Å². The van der Waals surface area contributed by atoms with Gasteiger partial charge in [0.1, 0.15) is 11.6 Å². The summed E-state index contributed by atoms with van der Waals surface area (Å²) in [4.78, 5) is 31.0. The molecule has 0 saturated carbocycles. The number of carbonyl (C=O) groups excluding carboxylic acids is 2. The van der Waals surface area contributed by atoms with Crippen molar-refractivity contribution in [1.82, 2.24) is 14.7 Å². The van der Waals surface area contributed by atoms with E-state index in [1.165, 1.54) is 23.8 Å². The zero-order valence-corrected chi connectivity index (χ0v) is 21.9. The molecule has 0 unspecified atom stereocenters. The van der Waals surface area contributed by atoms with Crippen LogP contribution < -0.4 is 0 Å². The first kappa shape index (κ1) is 27.2. The normalized spacial score (nSPS) is 17.6. The van der Waals surface area contributed by atoms with Crippen molar-refractivity contribution in [3.8, 4) is 0 Å². The molecule has 2 fully saturated rings. The van der Waals surface area contributed by atoms with Crippen molar-refractivity contribution in [2.45, 2.75) is 52.0 Å². The van der Waals surface area contributed by atoms with Crippen LogP contribution >= 0.6 is 0 Å². The Labute approximate surface area is 219 Å². The molecule has 2 saturated heterocycles. The van der Waals surface area contributed by atoms with Gasteiger partial charge in [-0.25, -0.2) is 8.78 Å².